The molecule has 13 heavy (non-hydrogen) atoms. The molecular formula is C8H8Br2ClNO. The summed E-state index contributed by atoms with van der Waals surface area (Å²) in [4.78, 5) is 10.00. The maximum atomic E-state index is 10.00. The van der Waals surface area contributed by atoms with Gasteiger partial charge in [0.2, 0.25) is 6.41 Å². The SMILES string of the molecule is Cl.O=CNCc1ccc(Br)c(Br)c1. The molecule has 1 N–H and O–H groups in total. The van der Waals surface area contributed by atoms with Crippen LogP contribution >= 0.6 is 44.3 Å². The van der Waals surface area contributed by atoms with Gasteiger partial charge in [-0.3, -0.25) is 4.79 Å². The lowest BCUT2D eigenvalue weighted by Gasteiger charge is -2.01. The highest BCUT2D eigenvalue weighted by Gasteiger charge is 1.97. The molecule has 0 saturated carbocycles. The summed E-state index contributed by atoms with van der Waals surface area (Å²) in [6.45, 7) is 0.565. The van der Waals surface area contributed by atoms with Gasteiger partial charge in [0, 0.05) is 15.5 Å². The predicted octanol–water partition coefficient (Wildman–Crippen LogP) is 2.88. The normalized spacial score (nSPS) is 8.77. The summed E-state index contributed by atoms with van der Waals surface area (Å²) < 4.78 is 2.00. The Morgan fingerprint density at radius 2 is 2.00 bits per heavy atom. The fraction of sp³-hybridized carbons (Fsp3) is 0.125. The van der Waals surface area contributed by atoms with E-state index in [1.165, 1.54) is 0 Å². The second kappa shape index (κ2) is 6.40. The summed E-state index contributed by atoms with van der Waals surface area (Å²) in [6.07, 6.45) is 0.690. The van der Waals surface area contributed by atoms with Gasteiger partial charge in [-0.25, -0.2) is 0 Å². The van der Waals surface area contributed by atoms with Gasteiger partial charge in [0.15, 0.2) is 0 Å². The smallest absolute Gasteiger partial charge is 0.207 e. The highest BCUT2D eigenvalue weighted by atomic mass is 79.9. The van der Waals surface area contributed by atoms with Crippen molar-refractivity contribution >= 4 is 50.7 Å². The molecule has 0 unspecified atom stereocenters. The van der Waals surface area contributed by atoms with Gasteiger partial charge in [-0.1, -0.05) is 6.07 Å². The van der Waals surface area contributed by atoms with Crippen LogP contribution in [0.5, 0.6) is 0 Å². The Balaban J connectivity index is 0.00000144. The van der Waals surface area contributed by atoms with Crippen molar-refractivity contribution in [2.45, 2.75) is 6.54 Å². The molecule has 1 amide bonds. The molecule has 0 atom stereocenters. The number of rotatable bonds is 3. The second-order valence-electron chi connectivity index (χ2n) is 2.25. The number of nitrogens with one attached hydrogen (secondary N) is 1. The molecule has 1 aromatic carbocycles. The van der Waals surface area contributed by atoms with Crippen LogP contribution in [-0.2, 0) is 11.3 Å². The van der Waals surface area contributed by atoms with Crippen LogP contribution in [-0.4, -0.2) is 6.41 Å². The average Bonchev–Trinajstić information content (AvgIpc) is 2.07. The van der Waals surface area contributed by atoms with Crippen molar-refractivity contribution in [1.29, 1.82) is 0 Å². The Morgan fingerprint density at radius 1 is 1.31 bits per heavy atom. The van der Waals surface area contributed by atoms with E-state index in [9.17, 15) is 4.79 Å². The molecule has 0 radical (unpaired) electrons. The summed E-state index contributed by atoms with van der Waals surface area (Å²) in [5.74, 6) is 0. The number of benzene rings is 1. The molecule has 1 aromatic rings. The number of hydrogen-bond acceptors (Lipinski definition) is 1. The van der Waals surface area contributed by atoms with Crippen molar-refractivity contribution in [2.24, 2.45) is 0 Å². The highest BCUT2D eigenvalue weighted by molar-refractivity contribution is 9.13. The standard InChI is InChI=1S/C8H7Br2NO.ClH/c9-7-2-1-6(3-8(7)10)4-11-5-12;/h1-3,5H,4H2,(H,11,12);1H. The molecule has 0 aromatic heterocycles. The molecule has 0 saturated heterocycles. The van der Waals surface area contributed by atoms with Crippen LogP contribution in [0, 0.1) is 0 Å². The van der Waals surface area contributed by atoms with Crippen LogP contribution in [0.15, 0.2) is 27.1 Å². The number of carbonyl (C=O) groups excluding carboxylic acids is 1. The van der Waals surface area contributed by atoms with Gasteiger partial charge in [-0.05, 0) is 49.6 Å². The zero-order valence-corrected chi connectivity index (χ0v) is 10.6. The molecular weight excluding hydrogens is 321 g/mol. The molecule has 0 fully saturated rings. The topological polar surface area (TPSA) is 29.1 Å². The predicted molar refractivity (Wildman–Crippen MR) is 62.0 cm³/mol. The Bertz CT molecular complexity index is 293. The summed E-state index contributed by atoms with van der Waals surface area (Å²) in [5.41, 5.74) is 1.07. The summed E-state index contributed by atoms with van der Waals surface area (Å²) in [6, 6.07) is 5.85. The van der Waals surface area contributed by atoms with E-state index in [0.29, 0.717) is 13.0 Å². The van der Waals surface area contributed by atoms with Crippen molar-refractivity contribution in [3.8, 4) is 0 Å². The molecule has 2 nitrogen and oxygen atoms in total. The fourth-order valence-electron chi connectivity index (χ4n) is 0.809. The number of amides is 1. The lowest BCUT2D eigenvalue weighted by molar-refractivity contribution is -0.109. The van der Waals surface area contributed by atoms with Crippen LogP contribution in [0.25, 0.3) is 0 Å². The van der Waals surface area contributed by atoms with E-state index < -0.39 is 0 Å². The molecule has 1 rings (SSSR count). The first-order chi connectivity index (χ1) is 5.74. The Kier molecular flexibility index (Phi) is 6.37. The molecule has 72 valence electrons. The third-order valence-corrected chi connectivity index (χ3v) is 3.25. The van der Waals surface area contributed by atoms with Crippen molar-refractivity contribution in [3.05, 3.63) is 32.7 Å². The van der Waals surface area contributed by atoms with E-state index in [4.69, 9.17) is 0 Å². The van der Waals surface area contributed by atoms with Crippen molar-refractivity contribution in [2.75, 3.05) is 0 Å². The third kappa shape index (κ3) is 4.11. The molecule has 0 bridgehead atoms. The maximum Gasteiger partial charge on any atom is 0.207 e. The molecule has 0 aliphatic rings. The molecule has 0 heterocycles. The van der Waals surface area contributed by atoms with Gasteiger partial charge >= 0.3 is 0 Å². The average molecular weight is 329 g/mol. The van der Waals surface area contributed by atoms with Crippen LogP contribution in [0.4, 0.5) is 0 Å². The van der Waals surface area contributed by atoms with E-state index in [0.717, 1.165) is 14.5 Å². The Labute approximate surface area is 99.8 Å². The molecule has 0 spiro atoms. The highest BCUT2D eigenvalue weighted by Crippen LogP contribution is 2.23. The Morgan fingerprint density at radius 3 is 2.54 bits per heavy atom. The maximum absolute atomic E-state index is 10.00. The summed E-state index contributed by atoms with van der Waals surface area (Å²) in [7, 11) is 0. The molecule has 0 aliphatic carbocycles. The van der Waals surface area contributed by atoms with Crippen molar-refractivity contribution in [1.82, 2.24) is 5.32 Å². The van der Waals surface area contributed by atoms with Gasteiger partial charge in [0.05, 0.1) is 0 Å². The third-order valence-electron chi connectivity index (χ3n) is 1.37. The van der Waals surface area contributed by atoms with E-state index in [-0.39, 0.29) is 12.4 Å². The van der Waals surface area contributed by atoms with Crippen LogP contribution in [0.3, 0.4) is 0 Å². The van der Waals surface area contributed by atoms with E-state index in [1.807, 2.05) is 18.2 Å². The van der Waals surface area contributed by atoms with Gasteiger partial charge < -0.3 is 5.32 Å². The zero-order chi connectivity index (χ0) is 8.97. The molecule has 0 aliphatic heterocycles. The summed E-state index contributed by atoms with van der Waals surface area (Å²) >= 11 is 6.74. The van der Waals surface area contributed by atoms with Crippen molar-refractivity contribution < 1.29 is 4.79 Å². The molecule has 5 heteroatoms. The minimum atomic E-state index is 0. The first-order valence-electron chi connectivity index (χ1n) is 3.35. The fourth-order valence-corrected chi connectivity index (χ4v) is 1.48. The Hall–Kier alpha value is -0.0600. The second-order valence-corrected chi connectivity index (χ2v) is 3.96. The van der Waals surface area contributed by atoms with Crippen LogP contribution < -0.4 is 5.32 Å². The first kappa shape index (κ1) is 12.9. The lowest BCUT2D eigenvalue weighted by atomic mass is 10.2. The largest absolute Gasteiger partial charge is 0.355 e. The number of hydrogen-bond donors (Lipinski definition) is 1. The van der Waals surface area contributed by atoms with Gasteiger partial charge in [0.25, 0.3) is 0 Å². The van der Waals surface area contributed by atoms with Crippen molar-refractivity contribution in [3.63, 3.8) is 0 Å². The van der Waals surface area contributed by atoms with Gasteiger partial charge in [0.1, 0.15) is 0 Å². The lowest BCUT2D eigenvalue weighted by Crippen LogP contribution is -2.09. The van der Waals surface area contributed by atoms with E-state index in [1.54, 1.807) is 0 Å². The van der Waals surface area contributed by atoms with Gasteiger partial charge in [-0.15, -0.1) is 12.4 Å². The van der Waals surface area contributed by atoms with Crippen LogP contribution in [0.1, 0.15) is 5.56 Å². The van der Waals surface area contributed by atoms with Gasteiger partial charge in [-0.2, -0.15) is 0 Å². The van der Waals surface area contributed by atoms with Crippen LogP contribution in [0.2, 0.25) is 0 Å². The first-order valence-corrected chi connectivity index (χ1v) is 4.93. The summed E-state index contributed by atoms with van der Waals surface area (Å²) in [5, 5.41) is 2.59. The number of carbonyl (C=O) groups is 1. The zero-order valence-electron chi connectivity index (χ0n) is 6.59. The van der Waals surface area contributed by atoms with E-state index in [2.05, 4.69) is 37.2 Å². The monoisotopic (exact) mass is 327 g/mol. The number of halogens is 3. The quantitative estimate of drug-likeness (QED) is 0.849. The minimum absolute atomic E-state index is 0. The minimum Gasteiger partial charge on any atom is -0.355 e. The van der Waals surface area contributed by atoms with E-state index >= 15 is 0 Å².